The monoisotopic (exact) mass is 375 g/mol. The molecule has 1 aromatic rings. The Morgan fingerprint density at radius 1 is 1.31 bits per heavy atom. The number of hydrogen-bond donors (Lipinski definition) is 2. The molecular formula is C19H21NO5S. The molecule has 6 nitrogen and oxygen atoms in total. The molecule has 1 aliphatic heterocycles. The Labute approximate surface area is 156 Å². The summed E-state index contributed by atoms with van der Waals surface area (Å²) in [5.41, 5.74) is 1.73. The number of benzene rings is 1. The number of aliphatic hydroxyl groups is 1. The van der Waals surface area contributed by atoms with Crippen LogP contribution < -0.4 is 10.1 Å². The number of hydrogen-bond acceptors (Lipinski definition) is 6. The number of methoxy groups -OCH3 is 1. The zero-order chi connectivity index (χ0) is 18.5. The number of rotatable bonds is 7. The van der Waals surface area contributed by atoms with Crippen LogP contribution in [0.2, 0.25) is 0 Å². The van der Waals surface area contributed by atoms with Crippen molar-refractivity contribution in [2.75, 3.05) is 13.7 Å². The molecule has 0 spiro atoms. The fourth-order valence-electron chi connectivity index (χ4n) is 2.80. The van der Waals surface area contributed by atoms with Gasteiger partial charge in [-0.2, -0.15) is 0 Å². The Bertz CT molecular complexity index is 728. The molecule has 0 aromatic heterocycles. The molecule has 1 fully saturated rings. The van der Waals surface area contributed by atoms with Gasteiger partial charge in [-0.3, -0.25) is 14.9 Å². The van der Waals surface area contributed by atoms with E-state index in [9.17, 15) is 14.7 Å². The van der Waals surface area contributed by atoms with Gasteiger partial charge in [0.05, 0.1) is 11.4 Å². The number of carbonyl (C=O) groups is 2. The van der Waals surface area contributed by atoms with Gasteiger partial charge >= 0.3 is 0 Å². The summed E-state index contributed by atoms with van der Waals surface area (Å²) < 4.78 is 10.9. The molecule has 2 amide bonds. The second kappa shape index (κ2) is 8.53. The number of thioether (sulfide) groups is 1. The second-order valence-corrected chi connectivity index (χ2v) is 7.31. The molecule has 26 heavy (non-hydrogen) atoms. The fourth-order valence-corrected chi connectivity index (χ4v) is 3.66. The molecule has 138 valence electrons. The Hall–Kier alpha value is -2.09. The Morgan fingerprint density at radius 3 is 2.73 bits per heavy atom. The van der Waals surface area contributed by atoms with Crippen LogP contribution in [0.5, 0.6) is 5.75 Å². The van der Waals surface area contributed by atoms with Crippen molar-refractivity contribution in [1.29, 1.82) is 0 Å². The molecular weight excluding hydrogens is 354 g/mol. The van der Waals surface area contributed by atoms with Crippen LogP contribution in [0.4, 0.5) is 4.79 Å². The van der Waals surface area contributed by atoms with E-state index in [1.54, 1.807) is 19.2 Å². The van der Waals surface area contributed by atoms with Gasteiger partial charge in [-0.15, -0.1) is 0 Å². The summed E-state index contributed by atoms with van der Waals surface area (Å²) in [5.74, 6) is 0.391. The lowest BCUT2D eigenvalue weighted by Gasteiger charge is -2.19. The summed E-state index contributed by atoms with van der Waals surface area (Å²) in [6.07, 6.45) is 6.32. The summed E-state index contributed by atoms with van der Waals surface area (Å²) in [7, 11) is 1.64. The zero-order valence-electron chi connectivity index (χ0n) is 14.4. The first-order valence-electron chi connectivity index (χ1n) is 8.37. The Kier molecular flexibility index (Phi) is 6.13. The third-order valence-electron chi connectivity index (χ3n) is 4.26. The second-order valence-electron chi connectivity index (χ2n) is 6.14. The SMILES string of the molecule is COC1C=C([C@@H](O)COc2ccc(CC3SC(=O)NC3=O)cc2)C=CC1. The van der Waals surface area contributed by atoms with Gasteiger partial charge in [-0.25, -0.2) is 0 Å². The van der Waals surface area contributed by atoms with E-state index in [1.807, 2.05) is 30.4 Å². The lowest BCUT2D eigenvalue weighted by Crippen LogP contribution is -2.25. The highest BCUT2D eigenvalue weighted by Crippen LogP contribution is 2.24. The smallest absolute Gasteiger partial charge is 0.286 e. The molecule has 1 heterocycles. The predicted octanol–water partition coefficient (Wildman–Crippen LogP) is 2.22. The summed E-state index contributed by atoms with van der Waals surface area (Å²) in [5, 5.41) is 11.9. The minimum Gasteiger partial charge on any atom is -0.491 e. The maximum absolute atomic E-state index is 11.6. The van der Waals surface area contributed by atoms with Crippen molar-refractivity contribution in [3.05, 3.63) is 53.6 Å². The maximum atomic E-state index is 11.6. The molecule has 1 saturated heterocycles. The lowest BCUT2D eigenvalue weighted by molar-refractivity contribution is -0.118. The van der Waals surface area contributed by atoms with Crippen molar-refractivity contribution in [2.24, 2.45) is 0 Å². The minimum absolute atomic E-state index is 0.0125. The van der Waals surface area contributed by atoms with E-state index in [-0.39, 0.29) is 29.1 Å². The van der Waals surface area contributed by atoms with Crippen molar-refractivity contribution >= 4 is 22.9 Å². The molecule has 2 unspecified atom stereocenters. The van der Waals surface area contributed by atoms with Gasteiger partial charge in [-0.1, -0.05) is 36.0 Å². The highest BCUT2D eigenvalue weighted by atomic mass is 32.2. The molecule has 0 saturated carbocycles. The van der Waals surface area contributed by atoms with E-state index in [1.165, 1.54) is 0 Å². The van der Waals surface area contributed by atoms with Crippen molar-refractivity contribution in [3.8, 4) is 5.75 Å². The summed E-state index contributed by atoms with van der Waals surface area (Å²) in [4.78, 5) is 22.8. The van der Waals surface area contributed by atoms with E-state index < -0.39 is 6.10 Å². The van der Waals surface area contributed by atoms with Crippen molar-refractivity contribution in [2.45, 2.75) is 30.3 Å². The average molecular weight is 375 g/mol. The summed E-state index contributed by atoms with van der Waals surface area (Å²) >= 11 is 1.02. The summed E-state index contributed by atoms with van der Waals surface area (Å²) in [6.45, 7) is 0.140. The normalized spacial score (nSPS) is 23.5. The first kappa shape index (κ1) is 18.7. The maximum Gasteiger partial charge on any atom is 0.286 e. The van der Waals surface area contributed by atoms with Gasteiger partial charge in [0.25, 0.3) is 5.24 Å². The number of amides is 2. The van der Waals surface area contributed by atoms with Crippen LogP contribution in [0.3, 0.4) is 0 Å². The molecule has 1 aliphatic carbocycles. The molecule has 2 N–H and O–H groups in total. The van der Waals surface area contributed by atoms with E-state index in [4.69, 9.17) is 9.47 Å². The molecule has 3 rings (SSSR count). The molecule has 0 bridgehead atoms. The van der Waals surface area contributed by atoms with Crippen molar-refractivity contribution in [3.63, 3.8) is 0 Å². The van der Waals surface area contributed by atoms with Crippen molar-refractivity contribution in [1.82, 2.24) is 5.32 Å². The van der Waals surface area contributed by atoms with Crippen LogP contribution in [0, 0.1) is 0 Å². The number of carbonyl (C=O) groups excluding carboxylic acids is 2. The Morgan fingerprint density at radius 2 is 2.08 bits per heavy atom. The van der Waals surface area contributed by atoms with Gasteiger partial charge < -0.3 is 14.6 Å². The third-order valence-corrected chi connectivity index (χ3v) is 5.25. The van der Waals surface area contributed by atoms with E-state index >= 15 is 0 Å². The first-order valence-corrected chi connectivity index (χ1v) is 9.25. The number of aliphatic hydroxyl groups excluding tert-OH is 1. The van der Waals surface area contributed by atoms with E-state index in [0.29, 0.717) is 12.2 Å². The molecule has 1 aromatic carbocycles. The van der Waals surface area contributed by atoms with Crippen LogP contribution in [-0.2, 0) is 16.0 Å². The highest BCUT2D eigenvalue weighted by Gasteiger charge is 2.31. The standard InChI is InChI=1S/C19H21NO5S/c1-24-15-4-2-3-13(10-15)16(21)11-25-14-7-5-12(6-8-14)9-17-18(22)20-19(23)26-17/h2-3,5-8,10,15-17,21H,4,9,11H2,1H3,(H,20,22,23)/t15?,16-,17?/m0/s1. The molecule has 2 aliphatic rings. The third kappa shape index (κ3) is 4.75. The van der Waals surface area contributed by atoms with E-state index in [0.717, 1.165) is 29.3 Å². The highest BCUT2D eigenvalue weighted by molar-refractivity contribution is 8.15. The largest absolute Gasteiger partial charge is 0.491 e. The van der Waals surface area contributed by atoms with Crippen molar-refractivity contribution < 1.29 is 24.2 Å². The number of nitrogens with one attached hydrogen (secondary N) is 1. The van der Waals surface area contributed by atoms with Gasteiger partial charge in [-0.05, 0) is 42.2 Å². The van der Waals surface area contributed by atoms with Crippen LogP contribution in [0.15, 0.2) is 48.1 Å². The molecule has 0 radical (unpaired) electrons. The lowest BCUT2D eigenvalue weighted by atomic mass is 10.0. The van der Waals surface area contributed by atoms with Crippen LogP contribution >= 0.6 is 11.8 Å². The first-order chi connectivity index (χ1) is 12.5. The predicted molar refractivity (Wildman–Crippen MR) is 99.2 cm³/mol. The average Bonchev–Trinajstić information content (AvgIpc) is 2.97. The zero-order valence-corrected chi connectivity index (χ0v) is 15.2. The minimum atomic E-state index is -0.728. The van der Waals surface area contributed by atoms with E-state index in [2.05, 4.69) is 5.32 Å². The quantitative estimate of drug-likeness (QED) is 0.760. The Balaban J connectivity index is 1.51. The molecule has 3 atom stereocenters. The van der Waals surface area contributed by atoms with Gasteiger partial charge in [0.1, 0.15) is 18.5 Å². The number of ether oxygens (including phenoxy) is 2. The summed E-state index contributed by atoms with van der Waals surface area (Å²) in [6, 6.07) is 7.31. The fraction of sp³-hybridized carbons (Fsp3) is 0.368. The molecule has 7 heteroatoms. The topological polar surface area (TPSA) is 84.9 Å². The van der Waals surface area contributed by atoms with Crippen LogP contribution in [0.25, 0.3) is 0 Å². The van der Waals surface area contributed by atoms with Crippen LogP contribution in [0.1, 0.15) is 12.0 Å². The van der Waals surface area contributed by atoms with Gasteiger partial charge in [0.2, 0.25) is 5.91 Å². The van der Waals surface area contributed by atoms with Crippen LogP contribution in [-0.4, -0.2) is 47.4 Å². The number of imide groups is 1. The van der Waals surface area contributed by atoms with Gasteiger partial charge in [0, 0.05) is 7.11 Å². The van der Waals surface area contributed by atoms with Gasteiger partial charge in [0.15, 0.2) is 0 Å².